The minimum absolute atomic E-state index is 0.592. The molecule has 1 aromatic carbocycles. The first-order chi connectivity index (χ1) is 10.4. The van der Waals surface area contributed by atoms with Crippen LogP contribution in [0.15, 0.2) is 30.5 Å². The number of nitrogens with zero attached hydrogens (tertiary/aromatic N) is 2. The first-order valence-electron chi connectivity index (χ1n) is 7.91. The van der Waals surface area contributed by atoms with E-state index in [1.165, 1.54) is 19.3 Å². The van der Waals surface area contributed by atoms with Crippen molar-refractivity contribution in [3.8, 4) is 6.07 Å². The summed E-state index contributed by atoms with van der Waals surface area (Å²) < 4.78 is 0. The van der Waals surface area contributed by atoms with Crippen molar-refractivity contribution in [2.45, 2.75) is 25.3 Å². The first kappa shape index (κ1) is 11.6. The summed E-state index contributed by atoms with van der Waals surface area (Å²) in [6.07, 6.45) is 6.01. The van der Waals surface area contributed by atoms with Crippen LogP contribution >= 0.6 is 0 Å². The van der Waals surface area contributed by atoms with E-state index in [0.717, 1.165) is 40.3 Å². The highest BCUT2D eigenvalue weighted by atomic mass is 15.0. The number of anilines is 1. The van der Waals surface area contributed by atoms with Gasteiger partial charge in [0.15, 0.2) is 0 Å². The molecule has 0 aliphatic heterocycles. The number of hydrogen-bond acceptors (Lipinski definition) is 3. The van der Waals surface area contributed by atoms with Crippen LogP contribution in [0.3, 0.4) is 0 Å². The van der Waals surface area contributed by atoms with Gasteiger partial charge in [0.05, 0.1) is 16.8 Å². The van der Waals surface area contributed by atoms with Gasteiger partial charge in [0.2, 0.25) is 0 Å². The molecule has 0 radical (unpaired) electrons. The monoisotopic (exact) mass is 275 g/mol. The third-order valence-corrected chi connectivity index (χ3v) is 5.94. The van der Waals surface area contributed by atoms with E-state index in [1.807, 2.05) is 18.2 Å². The summed E-state index contributed by atoms with van der Waals surface area (Å²) in [5.41, 5.74) is 2.64. The van der Waals surface area contributed by atoms with Crippen molar-refractivity contribution in [3.63, 3.8) is 0 Å². The summed E-state index contributed by atoms with van der Waals surface area (Å²) in [6.45, 7) is 0. The number of hydrogen-bond donors (Lipinski definition) is 1. The van der Waals surface area contributed by atoms with Gasteiger partial charge in [-0.3, -0.25) is 4.98 Å². The van der Waals surface area contributed by atoms with Crippen LogP contribution < -0.4 is 5.32 Å². The molecule has 2 aromatic rings. The predicted octanol–water partition coefficient (Wildman–Crippen LogP) is 3.56. The minimum atomic E-state index is 0.592. The average Bonchev–Trinajstić information content (AvgIpc) is 2.92. The number of pyridine rings is 1. The molecule has 1 heterocycles. The topological polar surface area (TPSA) is 48.7 Å². The van der Waals surface area contributed by atoms with E-state index in [9.17, 15) is 5.26 Å². The van der Waals surface area contributed by atoms with Crippen LogP contribution in [0.2, 0.25) is 0 Å². The van der Waals surface area contributed by atoms with Crippen LogP contribution in [-0.2, 0) is 0 Å². The summed E-state index contributed by atoms with van der Waals surface area (Å²) >= 11 is 0. The van der Waals surface area contributed by atoms with Crippen molar-refractivity contribution < 1.29 is 0 Å². The Morgan fingerprint density at radius 1 is 1.14 bits per heavy atom. The van der Waals surface area contributed by atoms with Crippen LogP contribution in [0.5, 0.6) is 0 Å². The molecule has 5 rings (SSSR count). The zero-order valence-corrected chi connectivity index (χ0v) is 11.8. The van der Waals surface area contributed by atoms with E-state index in [1.54, 1.807) is 6.20 Å². The fourth-order valence-electron chi connectivity index (χ4n) is 5.07. The van der Waals surface area contributed by atoms with Crippen LogP contribution in [0.1, 0.15) is 24.8 Å². The Balaban J connectivity index is 1.55. The second-order valence-electron chi connectivity index (χ2n) is 6.83. The van der Waals surface area contributed by atoms with Crippen molar-refractivity contribution in [3.05, 3.63) is 36.0 Å². The lowest BCUT2D eigenvalue weighted by molar-refractivity contribution is 0.456. The maximum Gasteiger partial charge on any atom is 0.103 e. The van der Waals surface area contributed by atoms with Gasteiger partial charge in [-0.15, -0.1) is 0 Å². The molecule has 4 unspecified atom stereocenters. The molecule has 0 amide bonds. The molecule has 3 aliphatic carbocycles. The quantitative estimate of drug-likeness (QED) is 0.911. The Kier molecular flexibility index (Phi) is 2.19. The lowest BCUT2D eigenvalue weighted by atomic mass is 10.0. The molecule has 4 atom stereocenters. The molecule has 1 aromatic heterocycles. The molecule has 1 N–H and O–H groups in total. The third kappa shape index (κ3) is 1.51. The summed E-state index contributed by atoms with van der Waals surface area (Å²) in [6, 6.07) is 11.0. The van der Waals surface area contributed by atoms with Gasteiger partial charge in [-0.25, -0.2) is 0 Å². The first-order valence-corrected chi connectivity index (χ1v) is 7.91. The molecular formula is C18H17N3. The Hall–Kier alpha value is -2.08. The summed E-state index contributed by atoms with van der Waals surface area (Å²) in [5.74, 6) is 3.61. The second-order valence-corrected chi connectivity index (χ2v) is 6.83. The Morgan fingerprint density at radius 3 is 2.67 bits per heavy atom. The fraction of sp³-hybridized carbons (Fsp3) is 0.444. The van der Waals surface area contributed by atoms with Gasteiger partial charge in [0, 0.05) is 17.6 Å². The van der Waals surface area contributed by atoms with Crippen LogP contribution in [0.25, 0.3) is 10.9 Å². The van der Waals surface area contributed by atoms with Gasteiger partial charge in [-0.1, -0.05) is 18.2 Å². The predicted molar refractivity (Wildman–Crippen MR) is 81.7 cm³/mol. The average molecular weight is 275 g/mol. The SMILES string of the molecule is N#Cc1cnc2ccccc2c1NC1C2C3CCC(C3)C12. The molecule has 21 heavy (non-hydrogen) atoms. The lowest BCUT2D eigenvalue weighted by Gasteiger charge is -2.14. The van der Waals surface area contributed by atoms with Crippen LogP contribution in [0.4, 0.5) is 5.69 Å². The number of para-hydroxylation sites is 1. The van der Waals surface area contributed by atoms with Crippen molar-refractivity contribution in [2.24, 2.45) is 23.7 Å². The number of nitriles is 1. The number of benzene rings is 1. The fourth-order valence-corrected chi connectivity index (χ4v) is 5.07. The number of fused-ring (bicyclic) bond motifs is 6. The smallest absolute Gasteiger partial charge is 0.103 e. The summed E-state index contributed by atoms with van der Waals surface area (Å²) in [5, 5.41) is 14.2. The minimum Gasteiger partial charge on any atom is -0.380 e. The van der Waals surface area contributed by atoms with Gasteiger partial charge >= 0.3 is 0 Å². The summed E-state index contributed by atoms with van der Waals surface area (Å²) in [4.78, 5) is 4.39. The molecule has 104 valence electrons. The Bertz CT molecular complexity index is 760. The maximum atomic E-state index is 9.40. The largest absolute Gasteiger partial charge is 0.380 e. The highest BCUT2D eigenvalue weighted by Crippen LogP contribution is 2.66. The molecule has 3 aliphatic rings. The maximum absolute atomic E-state index is 9.40. The van der Waals surface area contributed by atoms with Gasteiger partial charge in [0.25, 0.3) is 0 Å². The summed E-state index contributed by atoms with van der Waals surface area (Å²) in [7, 11) is 0. The van der Waals surface area contributed by atoms with E-state index in [-0.39, 0.29) is 0 Å². The Labute approximate surface area is 124 Å². The van der Waals surface area contributed by atoms with Crippen molar-refractivity contribution in [1.29, 1.82) is 5.26 Å². The third-order valence-electron chi connectivity index (χ3n) is 5.94. The van der Waals surface area contributed by atoms with Gasteiger partial charge in [0.1, 0.15) is 6.07 Å². The van der Waals surface area contributed by atoms with Gasteiger partial charge in [-0.2, -0.15) is 5.26 Å². The molecule has 0 spiro atoms. The van der Waals surface area contributed by atoms with Gasteiger partial charge in [-0.05, 0) is 49.0 Å². The van der Waals surface area contributed by atoms with Crippen molar-refractivity contribution in [2.75, 3.05) is 5.32 Å². The zero-order valence-electron chi connectivity index (χ0n) is 11.8. The number of nitrogens with one attached hydrogen (secondary N) is 1. The van der Waals surface area contributed by atoms with Crippen molar-refractivity contribution in [1.82, 2.24) is 4.98 Å². The molecule has 3 heteroatoms. The molecular weight excluding hydrogens is 258 g/mol. The number of aromatic nitrogens is 1. The van der Waals surface area contributed by atoms with Gasteiger partial charge < -0.3 is 5.32 Å². The Morgan fingerprint density at radius 2 is 1.90 bits per heavy atom. The van der Waals surface area contributed by atoms with Crippen LogP contribution in [0, 0.1) is 35.0 Å². The highest BCUT2D eigenvalue weighted by Gasteiger charge is 2.65. The molecule has 0 saturated heterocycles. The van der Waals surface area contributed by atoms with Crippen LogP contribution in [-0.4, -0.2) is 11.0 Å². The molecule has 3 saturated carbocycles. The van der Waals surface area contributed by atoms with Crippen molar-refractivity contribution >= 4 is 16.6 Å². The standard InChI is InChI=1S/C18H17N3/c19-8-12-9-20-14-4-2-1-3-13(14)17(12)21-18-15-10-5-6-11(7-10)16(15)18/h1-4,9-11,15-16,18H,5-7H2,(H,20,21). The second kappa shape index (κ2) is 3.98. The lowest BCUT2D eigenvalue weighted by Crippen LogP contribution is -2.14. The zero-order chi connectivity index (χ0) is 14.0. The van der Waals surface area contributed by atoms with E-state index >= 15 is 0 Å². The van der Waals surface area contributed by atoms with E-state index in [0.29, 0.717) is 11.6 Å². The van der Waals surface area contributed by atoms with E-state index in [4.69, 9.17) is 0 Å². The van der Waals surface area contributed by atoms with E-state index < -0.39 is 0 Å². The molecule has 3 fully saturated rings. The normalized spacial score (nSPS) is 35.5. The van der Waals surface area contributed by atoms with E-state index in [2.05, 4.69) is 22.4 Å². The molecule has 3 nitrogen and oxygen atoms in total. The molecule has 2 bridgehead atoms. The highest BCUT2D eigenvalue weighted by molar-refractivity contribution is 5.94. The number of rotatable bonds is 2.